The van der Waals surface area contributed by atoms with Gasteiger partial charge in [-0.05, 0) is 49.1 Å². The first-order valence-electron chi connectivity index (χ1n) is 10.8. The van der Waals surface area contributed by atoms with Gasteiger partial charge in [-0.2, -0.15) is 0 Å². The van der Waals surface area contributed by atoms with E-state index >= 15 is 0 Å². The highest BCUT2D eigenvalue weighted by Crippen LogP contribution is 2.42. The molecule has 0 saturated carbocycles. The molecule has 1 saturated heterocycles. The van der Waals surface area contributed by atoms with Gasteiger partial charge in [-0.25, -0.2) is 13.9 Å². The summed E-state index contributed by atoms with van der Waals surface area (Å²) in [5, 5.41) is 14.7. The van der Waals surface area contributed by atoms with E-state index in [2.05, 4.69) is 10.6 Å². The lowest BCUT2D eigenvalue weighted by Crippen LogP contribution is -2.45. The highest BCUT2D eigenvalue weighted by atomic mass is 32.2. The summed E-state index contributed by atoms with van der Waals surface area (Å²) in [7, 11) is -3.94. The molecule has 0 aliphatic carbocycles. The number of nitrogens with one attached hydrogen (secondary N) is 3. The van der Waals surface area contributed by atoms with Gasteiger partial charge in [0.05, 0.1) is 12.5 Å². The lowest BCUT2D eigenvalue weighted by Gasteiger charge is -2.31. The van der Waals surface area contributed by atoms with Gasteiger partial charge >= 0.3 is 0 Å². The maximum absolute atomic E-state index is 13.4. The minimum Gasteiger partial charge on any atom is -0.457 e. The second-order valence-corrected chi connectivity index (χ2v) is 10.3. The maximum Gasteiger partial charge on any atom is 0.245 e. The first-order chi connectivity index (χ1) is 15.8. The molecule has 2 atom stereocenters. The van der Waals surface area contributed by atoms with E-state index in [9.17, 15) is 18.0 Å². The quantitative estimate of drug-likeness (QED) is 0.340. The van der Waals surface area contributed by atoms with Crippen LogP contribution in [0.5, 0.6) is 11.5 Å². The molecule has 0 bridgehead atoms. The average molecular weight is 476 g/mol. The molecular formula is C23H29N3O6S. The number of hydroxylamine groups is 1. The van der Waals surface area contributed by atoms with Crippen molar-refractivity contribution in [3.05, 3.63) is 60.2 Å². The van der Waals surface area contributed by atoms with Crippen LogP contribution < -0.4 is 20.9 Å². The SMILES string of the molecule is CCCNC(=O)C1CCC(CC(=O)NO)(c2ccc(Oc3ccccc3)cc2)S(=O)(=O)CN1. The molecule has 1 aliphatic rings. The topological polar surface area (TPSA) is 134 Å². The van der Waals surface area contributed by atoms with E-state index in [0.717, 1.165) is 6.42 Å². The van der Waals surface area contributed by atoms with Crippen LogP contribution in [0.2, 0.25) is 0 Å². The third-order valence-electron chi connectivity index (χ3n) is 5.75. The molecule has 1 heterocycles. The number of para-hydroxylation sites is 1. The summed E-state index contributed by atoms with van der Waals surface area (Å²) < 4.78 is 31.1. The Morgan fingerprint density at radius 2 is 1.79 bits per heavy atom. The summed E-state index contributed by atoms with van der Waals surface area (Å²) in [6, 6.07) is 14.9. The van der Waals surface area contributed by atoms with Crippen molar-refractivity contribution in [2.24, 2.45) is 0 Å². The van der Waals surface area contributed by atoms with Crippen LogP contribution in [0.4, 0.5) is 0 Å². The Kier molecular flexibility index (Phi) is 8.06. The fourth-order valence-corrected chi connectivity index (χ4v) is 5.93. The molecule has 10 heteroatoms. The third-order valence-corrected chi connectivity index (χ3v) is 8.07. The van der Waals surface area contributed by atoms with Gasteiger partial charge in [-0.3, -0.25) is 20.1 Å². The Hall–Kier alpha value is -2.95. The fraction of sp³-hybridized carbons (Fsp3) is 0.391. The largest absolute Gasteiger partial charge is 0.457 e. The number of carbonyl (C=O) groups excluding carboxylic acids is 2. The second kappa shape index (κ2) is 10.8. The van der Waals surface area contributed by atoms with Gasteiger partial charge < -0.3 is 10.1 Å². The van der Waals surface area contributed by atoms with Crippen molar-refractivity contribution >= 4 is 21.7 Å². The standard InChI is InChI=1S/C23H29N3O6S/c1-2-14-24-22(28)20-12-13-23(15-21(27)26-29,33(30,31)16-25-20)17-8-10-19(11-9-17)32-18-6-4-3-5-7-18/h3-11,20,25,29H,2,12-16H2,1H3,(H,24,28)(H,26,27). The summed E-state index contributed by atoms with van der Waals surface area (Å²) in [6.45, 7) is 2.42. The second-order valence-electron chi connectivity index (χ2n) is 7.99. The zero-order valence-electron chi connectivity index (χ0n) is 18.4. The van der Waals surface area contributed by atoms with Crippen molar-refractivity contribution < 1.29 is 28.0 Å². The van der Waals surface area contributed by atoms with Gasteiger partial charge in [0.2, 0.25) is 11.8 Å². The highest BCUT2D eigenvalue weighted by Gasteiger charge is 2.49. The summed E-state index contributed by atoms with van der Waals surface area (Å²) >= 11 is 0. The minimum atomic E-state index is -3.94. The molecule has 9 nitrogen and oxygen atoms in total. The predicted molar refractivity (Wildman–Crippen MR) is 122 cm³/mol. The van der Waals surface area contributed by atoms with E-state index < -0.39 is 38.8 Å². The smallest absolute Gasteiger partial charge is 0.245 e. The van der Waals surface area contributed by atoms with E-state index in [0.29, 0.717) is 23.6 Å². The average Bonchev–Trinajstić information content (AvgIpc) is 2.95. The maximum atomic E-state index is 13.4. The molecule has 0 radical (unpaired) electrons. The normalized spacial score (nSPS) is 22.1. The van der Waals surface area contributed by atoms with Crippen LogP contribution in [-0.4, -0.2) is 43.9 Å². The molecule has 1 aliphatic heterocycles. The Morgan fingerprint density at radius 3 is 2.42 bits per heavy atom. The lowest BCUT2D eigenvalue weighted by molar-refractivity contribution is -0.130. The van der Waals surface area contributed by atoms with Gasteiger partial charge in [-0.1, -0.05) is 37.3 Å². The predicted octanol–water partition coefficient (Wildman–Crippen LogP) is 2.22. The van der Waals surface area contributed by atoms with Crippen LogP contribution in [0.3, 0.4) is 0 Å². The molecule has 1 fully saturated rings. The van der Waals surface area contributed by atoms with Crippen molar-refractivity contribution in [1.29, 1.82) is 0 Å². The number of rotatable bonds is 8. The first-order valence-corrected chi connectivity index (χ1v) is 12.5. The van der Waals surface area contributed by atoms with E-state index in [1.807, 2.05) is 25.1 Å². The number of ether oxygens (including phenoxy) is 1. The summed E-state index contributed by atoms with van der Waals surface area (Å²) in [5.41, 5.74) is 1.93. The van der Waals surface area contributed by atoms with Crippen molar-refractivity contribution in [3.8, 4) is 11.5 Å². The number of sulfone groups is 1. The molecule has 2 amide bonds. The van der Waals surface area contributed by atoms with Gasteiger partial charge in [0, 0.05) is 6.54 Å². The van der Waals surface area contributed by atoms with E-state index in [1.165, 1.54) is 0 Å². The molecule has 178 valence electrons. The van der Waals surface area contributed by atoms with Crippen molar-refractivity contribution in [2.45, 2.75) is 43.4 Å². The van der Waals surface area contributed by atoms with Crippen molar-refractivity contribution in [3.63, 3.8) is 0 Å². The Labute approximate surface area is 193 Å². The monoisotopic (exact) mass is 475 g/mol. The van der Waals surface area contributed by atoms with E-state index in [-0.39, 0.29) is 18.7 Å². The number of amides is 2. The molecule has 2 unspecified atom stereocenters. The van der Waals surface area contributed by atoms with E-state index in [1.54, 1.807) is 41.9 Å². The number of carbonyl (C=O) groups is 2. The van der Waals surface area contributed by atoms with Gasteiger partial charge in [0.25, 0.3) is 0 Å². The van der Waals surface area contributed by atoms with Gasteiger partial charge in [-0.15, -0.1) is 0 Å². The van der Waals surface area contributed by atoms with Gasteiger partial charge in [0.15, 0.2) is 9.84 Å². The molecule has 2 aromatic carbocycles. The fourth-order valence-electron chi connectivity index (χ4n) is 3.95. The highest BCUT2D eigenvalue weighted by molar-refractivity contribution is 7.92. The molecule has 2 aromatic rings. The minimum absolute atomic E-state index is 0.0266. The Balaban J connectivity index is 1.92. The van der Waals surface area contributed by atoms with Crippen molar-refractivity contribution in [1.82, 2.24) is 16.1 Å². The van der Waals surface area contributed by atoms with Crippen LogP contribution in [0.1, 0.15) is 38.2 Å². The van der Waals surface area contributed by atoms with Crippen LogP contribution in [-0.2, 0) is 24.2 Å². The Morgan fingerprint density at radius 1 is 1.12 bits per heavy atom. The molecule has 0 spiro atoms. The third kappa shape index (κ3) is 5.70. The number of benzene rings is 2. The zero-order valence-corrected chi connectivity index (χ0v) is 19.2. The van der Waals surface area contributed by atoms with Crippen LogP contribution in [0.25, 0.3) is 0 Å². The summed E-state index contributed by atoms with van der Waals surface area (Å²) in [4.78, 5) is 24.6. The number of hydrogen-bond donors (Lipinski definition) is 4. The van der Waals surface area contributed by atoms with Crippen LogP contribution in [0.15, 0.2) is 54.6 Å². The van der Waals surface area contributed by atoms with Crippen LogP contribution >= 0.6 is 0 Å². The zero-order chi connectivity index (χ0) is 23.9. The molecule has 0 aromatic heterocycles. The molecule has 4 N–H and O–H groups in total. The number of hydrogen-bond acceptors (Lipinski definition) is 7. The Bertz CT molecular complexity index is 1060. The summed E-state index contributed by atoms with van der Waals surface area (Å²) in [5.74, 6) is -0.435. The molecular weight excluding hydrogens is 446 g/mol. The lowest BCUT2D eigenvalue weighted by atomic mass is 9.88. The summed E-state index contributed by atoms with van der Waals surface area (Å²) in [6.07, 6.45) is 0.513. The van der Waals surface area contributed by atoms with Crippen molar-refractivity contribution in [2.75, 3.05) is 12.4 Å². The van der Waals surface area contributed by atoms with Gasteiger partial charge in [0.1, 0.15) is 22.1 Å². The molecule has 33 heavy (non-hydrogen) atoms. The molecule has 3 rings (SSSR count). The van der Waals surface area contributed by atoms with Crippen LogP contribution in [0, 0.1) is 0 Å². The van der Waals surface area contributed by atoms with E-state index in [4.69, 9.17) is 9.94 Å². The first kappa shape index (κ1) is 24.7.